The summed E-state index contributed by atoms with van der Waals surface area (Å²) in [6.45, 7) is 2.99. The molecule has 1 atom stereocenters. The highest BCUT2D eigenvalue weighted by atomic mass is 16.4. The van der Waals surface area contributed by atoms with Crippen LogP contribution < -0.4 is 5.32 Å². The van der Waals surface area contributed by atoms with Crippen molar-refractivity contribution in [2.45, 2.75) is 45.1 Å². The topological polar surface area (TPSA) is 49.3 Å². The molecule has 2 N–H and O–H groups in total. The molecule has 80 valence electrons. The predicted molar refractivity (Wildman–Crippen MR) is 54.1 cm³/mol. The van der Waals surface area contributed by atoms with Crippen molar-refractivity contribution in [3.63, 3.8) is 0 Å². The minimum absolute atomic E-state index is 0.115. The molecule has 0 aromatic rings. The summed E-state index contributed by atoms with van der Waals surface area (Å²) in [7, 11) is 0. The number of nitrogens with one attached hydrogen (secondary N) is 1. The largest absolute Gasteiger partial charge is 0.481 e. The molecule has 0 heterocycles. The molecule has 0 bridgehead atoms. The molecule has 0 aromatic heterocycles. The van der Waals surface area contributed by atoms with E-state index in [0.717, 1.165) is 12.5 Å². The molecule has 3 heteroatoms. The van der Waals surface area contributed by atoms with E-state index in [9.17, 15) is 4.79 Å². The first kappa shape index (κ1) is 9.97. The van der Waals surface area contributed by atoms with Gasteiger partial charge in [-0.3, -0.25) is 4.79 Å². The Hall–Kier alpha value is -0.570. The second kappa shape index (κ2) is 3.54. The molecule has 2 rings (SSSR count). The Morgan fingerprint density at radius 2 is 2.21 bits per heavy atom. The molecular formula is C11H19NO2. The first-order valence-electron chi connectivity index (χ1n) is 5.57. The number of rotatable bonds is 6. The van der Waals surface area contributed by atoms with Crippen LogP contribution in [0.3, 0.4) is 0 Å². The summed E-state index contributed by atoms with van der Waals surface area (Å²) in [6.07, 6.45) is 5.74. The Kier molecular flexibility index (Phi) is 2.52. The van der Waals surface area contributed by atoms with Gasteiger partial charge in [-0.25, -0.2) is 0 Å². The van der Waals surface area contributed by atoms with Crippen molar-refractivity contribution in [2.24, 2.45) is 11.3 Å². The molecule has 2 aliphatic rings. The van der Waals surface area contributed by atoms with Gasteiger partial charge in [0, 0.05) is 12.6 Å². The summed E-state index contributed by atoms with van der Waals surface area (Å²) in [5, 5.41) is 12.0. The zero-order valence-corrected chi connectivity index (χ0v) is 8.75. The Balaban J connectivity index is 1.68. The van der Waals surface area contributed by atoms with E-state index < -0.39 is 5.97 Å². The van der Waals surface area contributed by atoms with E-state index in [4.69, 9.17) is 5.11 Å². The van der Waals surface area contributed by atoms with Crippen molar-refractivity contribution in [3.8, 4) is 0 Å². The molecule has 2 saturated carbocycles. The monoisotopic (exact) mass is 197 g/mol. The molecule has 0 aliphatic heterocycles. The summed E-state index contributed by atoms with van der Waals surface area (Å²) in [5.74, 6) is 0.244. The lowest BCUT2D eigenvalue weighted by Gasteiger charge is -2.18. The molecule has 14 heavy (non-hydrogen) atoms. The summed E-state index contributed by atoms with van der Waals surface area (Å²) in [4.78, 5) is 10.5. The van der Waals surface area contributed by atoms with Crippen molar-refractivity contribution in [1.29, 1.82) is 0 Å². The molecule has 1 unspecified atom stereocenters. The fraction of sp³-hybridized carbons (Fsp3) is 0.909. The molecule has 0 saturated heterocycles. The number of hydrogen-bond donors (Lipinski definition) is 2. The van der Waals surface area contributed by atoms with E-state index in [1.54, 1.807) is 0 Å². The van der Waals surface area contributed by atoms with Crippen LogP contribution in [0.4, 0.5) is 0 Å². The maximum atomic E-state index is 10.5. The zero-order valence-electron chi connectivity index (χ0n) is 8.75. The van der Waals surface area contributed by atoms with Gasteiger partial charge in [0.15, 0.2) is 0 Å². The van der Waals surface area contributed by atoms with Crippen LogP contribution in [-0.2, 0) is 4.79 Å². The number of carboxylic acid groups (broad SMARTS) is 1. The van der Waals surface area contributed by atoms with Gasteiger partial charge in [-0.2, -0.15) is 0 Å². The quantitative estimate of drug-likeness (QED) is 0.680. The lowest BCUT2D eigenvalue weighted by atomic mass is 10.0. The molecule has 2 fully saturated rings. The average molecular weight is 197 g/mol. The van der Waals surface area contributed by atoms with Crippen LogP contribution in [0.5, 0.6) is 0 Å². The lowest BCUT2D eigenvalue weighted by molar-refractivity contribution is -0.137. The van der Waals surface area contributed by atoms with E-state index in [-0.39, 0.29) is 12.5 Å². The molecule has 0 radical (unpaired) electrons. The van der Waals surface area contributed by atoms with E-state index in [1.807, 2.05) is 6.92 Å². The Morgan fingerprint density at radius 1 is 1.57 bits per heavy atom. The normalized spacial score (nSPS) is 25.8. The lowest BCUT2D eigenvalue weighted by Crippen LogP contribution is -2.34. The van der Waals surface area contributed by atoms with Crippen LogP contribution >= 0.6 is 0 Å². The van der Waals surface area contributed by atoms with Gasteiger partial charge >= 0.3 is 5.97 Å². The molecule has 0 spiro atoms. The highest BCUT2D eigenvalue weighted by molar-refractivity contribution is 5.67. The molecular weight excluding hydrogens is 178 g/mol. The van der Waals surface area contributed by atoms with Gasteiger partial charge in [0.25, 0.3) is 0 Å². The van der Waals surface area contributed by atoms with Crippen molar-refractivity contribution in [3.05, 3.63) is 0 Å². The van der Waals surface area contributed by atoms with Crippen molar-refractivity contribution >= 4 is 5.97 Å². The maximum absolute atomic E-state index is 10.5. The number of carboxylic acids is 1. The smallest absolute Gasteiger partial charge is 0.304 e. The van der Waals surface area contributed by atoms with Gasteiger partial charge in [-0.1, -0.05) is 0 Å². The van der Waals surface area contributed by atoms with E-state index in [1.165, 1.54) is 25.7 Å². The third kappa shape index (κ3) is 2.27. The minimum atomic E-state index is -0.707. The maximum Gasteiger partial charge on any atom is 0.304 e. The SMILES string of the molecule is CC(CC(=O)O)NCC1(C2CC2)CC1. The van der Waals surface area contributed by atoms with Gasteiger partial charge < -0.3 is 10.4 Å². The second-order valence-corrected chi connectivity index (χ2v) is 5.02. The summed E-state index contributed by atoms with van der Waals surface area (Å²) < 4.78 is 0. The first-order valence-corrected chi connectivity index (χ1v) is 5.57. The van der Waals surface area contributed by atoms with E-state index in [2.05, 4.69) is 5.32 Å². The van der Waals surface area contributed by atoms with E-state index >= 15 is 0 Å². The molecule has 3 nitrogen and oxygen atoms in total. The molecule has 2 aliphatic carbocycles. The highest BCUT2D eigenvalue weighted by Crippen LogP contribution is 2.60. The second-order valence-electron chi connectivity index (χ2n) is 5.02. The Morgan fingerprint density at radius 3 is 2.64 bits per heavy atom. The zero-order chi connectivity index (χ0) is 10.2. The van der Waals surface area contributed by atoms with Crippen LogP contribution in [0.25, 0.3) is 0 Å². The van der Waals surface area contributed by atoms with Crippen molar-refractivity contribution in [2.75, 3.05) is 6.54 Å². The van der Waals surface area contributed by atoms with Crippen molar-refractivity contribution < 1.29 is 9.90 Å². The standard InChI is InChI=1S/C11H19NO2/c1-8(6-10(13)14)12-7-11(4-5-11)9-2-3-9/h8-9,12H,2-7H2,1H3,(H,13,14). The Bertz CT molecular complexity index is 231. The minimum Gasteiger partial charge on any atom is -0.481 e. The summed E-state index contributed by atoms with van der Waals surface area (Å²) in [5.41, 5.74) is 0.576. The van der Waals surface area contributed by atoms with Crippen LogP contribution in [0, 0.1) is 11.3 Å². The Labute approximate surface area is 84.9 Å². The van der Waals surface area contributed by atoms with Gasteiger partial charge in [-0.05, 0) is 43.9 Å². The van der Waals surface area contributed by atoms with Crippen molar-refractivity contribution in [1.82, 2.24) is 5.32 Å². The fourth-order valence-electron chi connectivity index (χ4n) is 2.30. The van der Waals surface area contributed by atoms with Gasteiger partial charge in [0.2, 0.25) is 0 Å². The van der Waals surface area contributed by atoms with Crippen LogP contribution in [-0.4, -0.2) is 23.7 Å². The average Bonchev–Trinajstić information content (AvgIpc) is 2.94. The number of hydrogen-bond acceptors (Lipinski definition) is 2. The van der Waals surface area contributed by atoms with Gasteiger partial charge in [0.1, 0.15) is 0 Å². The van der Waals surface area contributed by atoms with Crippen LogP contribution in [0.1, 0.15) is 39.0 Å². The highest BCUT2D eigenvalue weighted by Gasteiger charge is 2.53. The number of carbonyl (C=O) groups is 1. The van der Waals surface area contributed by atoms with Gasteiger partial charge in [0.05, 0.1) is 6.42 Å². The molecule has 0 amide bonds. The summed E-state index contributed by atoms with van der Waals surface area (Å²) >= 11 is 0. The summed E-state index contributed by atoms with van der Waals surface area (Å²) in [6, 6.07) is 0.115. The van der Waals surface area contributed by atoms with Crippen LogP contribution in [0.2, 0.25) is 0 Å². The van der Waals surface area contributed by atoms with Crippen LogP contribution in [0.15, 0.2) is 0 Å². The van der Waals surface area contributed by atoms with Gasteiger partial charge in [-0.15, -0.1) is 0 Å². The van der Waals surface area contributed by atoms with E-state index in [0.29, 0.717) is 5.41 Å². The third-order valence-corrected chi connectivity index (χ3v) is 3.62. The molecule has 0 aromatic carbocycles. The third-order valence-electron chi connectivity index (χ3n) is 3.62. The predicted octanol–water partition coefficient (Wildman–Crippen LogP) is 1.63. The first-order chi connectivity index (χ1) is 6.62. The number of aliphatic carboxylic acids is 1. The fourth-order valence-corrected chi connectivity index (χ4v) is 2.30.